The second kappa shape index (κ2) is 3.11. The van der Waals surface area contributed by atoms with Gasteiger partial charge in [-0.05, 0) is 31.7 Å². The average Bonchev–Trinajstić information content (AvgIpc) is 2.62. The molecule has 2 heteroatoms. The van der Waals surface area contributed by atoms with Gasteiger partial charge in [0.2, 0.25) is 0 Å². The first-order valence-corrected chi connectivity index (χ1v) is 4.74. The Kier molecular flexibility index (Phi) is 2.14. The third-order valence-corrected chi connectivity index (χ3v) is 2.70. The Morgan fingerprint density at radius 2 is 1.82 bits per heavy atom. The fraction of sp³-hybridized carbons (Fsp3) is 1.00. The maximum absolute atomic E-state index is 3.31. The van der Waals surface area contributed by atoms with E-state index in [-0.39, 0.29) is 0 Å². The highest BCUT2D eigenvalue weighted by Crippen LogP contribution is 2.29. The number of nitrogens with one attached hydrogen (secondary N) is 1. The molecular formula is C9H18N2. The van der Waals surface area contributed by atoms with E-state index in [1.807, 2.05) is 0 Å². The van der Waals surface area contributed by atoms with E-state index in [2.05, 4.69) is 17.3 Å². The monoisotopic (exact) mass is 154 g/mol. The Bertz CT molecular complexity index is 128. The minimum Gasteiger partial charge on any atom is -0.316 e. The van der Waals surface area contributed by atoms with Gasteiger partial charge in [0.05, 0.1) is 0 Å². The largest absolute Gasteiger partial charge is 0.316 e. The SMILES string of the molecule is CN(CC1CC1)CC1CNC1. The van der Waals surface area contributed by atoms with E-state index in [9.17, 15) is 0 Å². The average molecular weight is 154 g/mol. The summed E-state index contributed by atoms with van der Waals surface area (Å²) in [7, 11) is 2.26. The van der Waals surface area contributed by atoms with Crippen LogP contribution in [0.2, 0.25) is 0 Å². The second-order valence-electron chi connectivity index (χ2n) is 4.19. The van der Waals surface area contributed by atoms with Crippen molar-refractivity contribution in [3.05, 3.63) is 0 Å². The molecule has 0 spiro atoms. The van der Waals surface area contributed by atoms with Gasteiger partial charge < -0.3 is 10.2 Å². The quantitative estimate of drug-likeness (QED) is 0.636. The smallest absolute Gasteiger partial charge is 0.00310 e. The van der Waals surface area contributed by atoms with E-state index in [4.69, 9.17) is 0 Å². The van der Waals surface area contributed by atoms with Crippen molar-refractivity contribution in [3.63, 3.8) is 0 Å². The summed E-state index contributed by atoms with van der Waals surface area (Å²) in [5, 5.41) is 3.31. The molecule has 2 nitrogen and oxygen atoms in total. The molecule has 11 heavy (non-hydrogen) atoms. The predicted octanol–water partition coefficient (Wildman–Crippen LogP) is 0.548. The van der Waals surface area contributed by atoms with Crippen molar-refractivity contribution in [2.75, 3.05) is 33.2 Å². The van der Waals surface area contributed by atoms with Crippen molar-refractivity contribution >= 4 is 0 Å². The van der Waals surface area contributed by atoms with Gasteiger partial charge in [0.1, 0.15) is 0 Å². The van der Waals surface area contributed by atoms with Crippen LogP contribution in [0, 0.1) is 11.8 Å². The summed E-state index contributed by atoms with van der Waals surface area (Å²) in [6.45, 7) is 5.14. The lowest BCUT2D eigenvalue weighted by Gasteiger charge is -2.31. The van der Waals surface area contributed by atoms with Crippen molar-refractivity contribution in [1.82, 2.24) is 10.2 Å². The molecule has 0 radical (unpaired) electrons. The van der Waals surface area contributed by atoms with Crippen LogP contribution in [-0.2, 0) is 0 Å². The van der Waals surface area contributed by atoms with Crippen LogP contribution >= 0.6 is 0 Å². The van der Waals surface area contributed by atoms with Gasteiger partial charge in [-0.3, -0.25) is 0 Å². The van der Waals surface area contributed by atoms with E-state index in [0.29, 0.717) is 0 Å². The van der Waals surface area contributed by atoms with Gasteiger partial charge in [0.15, 0.2) is 0 Å². The van der Waals surface area contributed by atoms with Crippen LogP contribution in [0.5, 0.6) is 0 Å². The second-order valence-corrected chi connectivity index (χ2v) is 4.19. The third kappa shape index (κ3) is 2.17. The summed E-state index contributed by atoms with van der Waals surface area (Å²) in [5.41, 5.74) is 0. The molecular weight excluding hydrogens is 136 g/mol. The molecule has 0 amide bonds. The predicted molar refractivity (Wildman–Crippen MR) is 46.6 cm³/mol. The maximum Gasteiger partial charge on any atom is 0.00310 e. The molecule has 2 fully saturated rings. The molecule has 0 aromatic carbocycles. The van der Waals surface area contributed by atoms with E-state index in [0.717, 1.165) is 11.8 Å². The maximum atomic E-state index is 3.31. The molecule has 1 saturated carbocycles. The molecule has 1 N–H and O–H groups in total. The van der Waals surface area contributed by atoms with Gasteiger partial charge >= 0.3 is 0 Å². The number of hydrogen-bond donors (Lipinski definition) is 1. The van der Waals surface area contributed by atoms with Crippen LogP contribution in [-0.4, -0.2) is 38.1 Å². The Morgan fingerprint density at radius 1 is 1.18 bits per heavy atom. The van der Waals surface area contributed by atoms with E-state index in [1.165, 1.54) is 39.0 Å². The van der Waals surface area contributed by atoms with Crippen LogP contribution in [0.15, 0.2) is 0 Å². The molecule has 1 aliphatic carbocycles. The highest BCUT2D eigenvalue weighted by molar-refractivity contribution is 4.80. The summed E-state index contributed by atoms with van der Waals surface area (Å²) < 4.78 is 0. The summed E-state index contributed by atoms with van der Waals surface area (Å²) in [6.07, 6.45) is 2.96. The minimum absolute atomic E-state index is 0.943. The van der Waals surface area contributed by atoms with Crippen molar-refractivity contribution in [3.8, 4) is 0 Å². The highest BCUT2D eigenvalue weighted by Gasteiger charge is 2.25. The standard InChI is InChI=1S/C9H18N2/c1-11(6-8-2-3-8)7-9-4-10-5-9/h8-10H,2-7H2,1H3. The van der Waals surface area contributed by atoms with E-state index in [1.54, 1.807) is 0 Å². The molecule has 64 valence electrons. The first-order chi connectivity index (χ1) is 5.34. The Labute approximate surface area is 69.0 Å². The molecule has 0 aromatic heterocycles. The minimum atomic E-state index is 0.943. The molecule has 0 unspecified atom stereocenters. The Morgan fingerprint density at radius 3 is 2.27 bits per heavy atom. The van der Waals surface area contributed by atoms with Crippen molar-refractivity contribution in [2.24, 2.45) is 11.8 Å². The number of rotatable bonds is 4. The van der Waals surface area contributed by atoms with Crippen molar-refractivity contribution in [2.45, 2.75) is 12.8 Å². The van der Waals surface area contributed by atoms with Gasteiger partial charge in [-0.1, -0.05) is 0 Å². The third-order valence-electron chi connectivity index (χ3n) is 2.70. The van der Waals surface area contributed by atoms with Crippen LogP contribution in [0.3, 0.4) is 0 Å². The van der Waals surface area contributed by atoms with E-state index >= 15 is 0 Å². The molecule has 1 aliphatic heterocycles. The lowest BCUT2D eigenvalue weighted by Crippen LogP contribution is -2.47. The molecule has 0 bridgehead atoms. The molecule has 2 rings (SSSR count). The van der Waals surface area contributed by atoms with Gasteiger partial charge in [-0.25, -0.2) is 0 Å². The van der Waals surface area contributed by atoms with E-state index < -0.39 is 0 Å². The van der Waals surface area contributed by atoms with Crippen LogP contribution in [0.4, 0.5) is 0 Å². The van der Waals surface area contributed by atoms with Crippen LogP contribution in [0.25, 0.3) is 0 Å². The van der Waals surface area contributed by atoms with Crippen molar-refractivity contribution < 1.29 is 0 Å². The fourth-order valence-corrected chi connectivity index (χ4v) is 1.73. The van der Waals surface area contributed by atoms with Crippen LogP contribution < -0.4 is 5.32 Å². The zero-order valence-corrected chi connectivity index (χ0v) is 7.34. The number of hydrogen-bond acceptors (Lipinski definition) is 2. The fourth-order valence-electron chi connectivity index (χ4n) is 1.73. The van der Waals surface area contributed by atoms with Gasteiger partial charge in [-0.15, -0.1) is 0 Å². The van der Waals surface area contributed by atoms with Crippen LogP contribution in [0.1, 0.15) is 12.8 Å². The first kappa shape index (κ1) is 7.56. The van der Waals surface area contributed by atoms with Crippen molar-refractivity contribution in [1.29, 1.82) is 0 Å². The molecule has 1 heterocycles. The lowest BCUT2D eigenvalue weighted by atomic mass is 10.0. The van der Waals surface area contributed by atoms with Gasteiger partial charge in [-0.2, -0.15) is 0 Å². The normalized spacial score (nSPS) is 25.6. The zero-order valence-electron chi connectivity index (χ0n) is 7.34. The Hall–Kier alpha value is -0.0800. The zero-order chi connectivity index (χ0) is 7.68. The summed E-state index contributed by atoms with van der Waals surface area (Å²) in [6, 6.07) is 0. The summed E-state index contributed by atoms with van der Waals surface area (Å²) in [5.74, 6) is 1.99. The molecule has 0 aromatic rings. The lowest BCUT2D eigenvalue weighted by molar-refractivity contribution is 0.218. The highest BCUT2D eigenvalue weighted by atomic mass is 15.1. The van der Waals surface area contributed by atoms with Gasteiger partial charge in [0, 0.05) is 26.2 Å². The Balaban J connectivity index is 1.59. The summed E-state index contributed by atoms with van der Waals surface area (Å²) in [4.78, 5) is 2.50. The molecule has 1 saturated heterocycles. The molecule has 0 atom stereocenters. The first-order valence-electron chi connectivity index (χ1n) is 4.74. The summed E-state index contributed by atoms with van der Waals surface area (Å²) >= 11 is 0. The topological polar surface area (TPSA) is 15.3 Å². The van der Waals surface area contributed by atoms with Gasteiger partial charge in [0.25, 0.3) is 0 Å². The number of nitrogens with zero attached hydrogens (tertiary/aromatic N) is 1. The molecule has 2 aliphatic rings.